The lowest BCUT2D eigenvalue weighted by atomic mass is 9.99. The third-order valence-electron chi connectivity index (χ3n) is 4.84. The second-order valence-electron chi connectivity index (χ2n) is 6.05. The Balaban J connectivity index is 1.45. The van der Waals surface area contributed by atoms with Crippen molar-refractivity contribution in [1.29, 1.82) is 0 Å². The first-order chi connectivity index (χ1) is 9.86. The number of nitrogens with zero attached hydrogens (tertiary/aromatic N) is 1. The van der Waals surface area contributed by atoms with Crippen LogP contribution in [0.15, 0.2) is 24.3 Å². The minimum Gasteiger partial charge on any atom is -0.497 e. The van der Waals surface area contributed by atoms with Crippen molar-refractivity contribution >= 4 is 0 Å². The second kappa shape index (κ2) is 6.59. The standard InChI is InChI=1S/C17H26N2O/c1-20-15-7-5-14(6-8-15)9-11-18-16-10-13-19-12-3-2-4-17(16)19/h5-8,16-18H,2-4,9-13H2,1H3. The number of nitrogens with one attached hydrogen (secondary N) is 1. The lowest BCUT2D eigenvalue weighted by Crippen LogP contribution is -2.45. The Morgan fingerprint density at radius 3 is 2.80 bits per heavy atom. The lowest BCUT2D eigenvalue weighted by Gasteiger charge is -2.32. The van der Waals surface area contributed by atoms with Crippen molar-refractivity contribution in [2.24, 2.45) is 0 Å². The van der Waals surface area contributed by atoms with Gasteiger partial charge < -0.3 is 10.1 Å². The number of rotatable bonds is 5. The first-order valence-electron chi connectivity index (χ1n) is 7.97. The fourth-order valence-electron chi connectivity index (χ4n) is 3.68. The zero-order chi connectivity index (χ0) is 13.8. The summed E-state index contributed by atoms with van der Waals surface area (Å²) in [5, 5.41) is 3.78. The van der Waals surface area contributed by atoms with E-state index in [1.165, 1.54) is 44.3 Å². The van der Waals surface area contributed by atoms with Crippen molar-refractivity contribution in [2.45, 2.75) is 44.2 Å². The van der Waals surface area contributed by atoms with Gasteiger partial charge in [0.1, 0.15) is 5.75 Å². The Hall–Kier alpha value is -1.06. The number of hydrogen-bond donors (Lipinski definition) is 1. The number of methoxy groups -OCH3 is 1. The van der Waals surface area contributed by atoms with Crippen LogP contribution in [0, 0.1) is 0 Å². The van der Waals surface area contributed by atoms with E-state index in [1.807, 2.05) is 12.1 Å². The van der Waals surface area contributed by atoms with Gasteiger partial charge in [0, 0.05) is 18.6 Å². The van der Waals surface area contributed by atoms with E-state index < -0.39 is 0 Å². The summed E-state index contributed by atoms with van der Waals surface area (Å²) in [5.74, 6) is 0.940. The van der Waals surface area contributed by atoms with Gasteiger partial charge in [-0.1, -0.05) is 18.6 Å². The molecule has 0 bridgehead atoms. The van der Waals surface area contributed by atoms with Crippen LogP contribution in [0.1, 0.15) is 31.2 Å². The minimum absolute atomic E-state index is 0.716. The summed E-state index contributed by atoms with van der Waals surface area (Å²) in [5.41, 5.74) is 1.39. The Bertz CT molecular complexity index is 418. The Labute approximate surface area is 122 Å². The van der Waals surface area contributed by atoms with Crippen LogP contribution < -0.4 is 10.1 Å². The highest BCUT2D eigenvalue weighted by molar-refractivity contribution is 5.27. The van der Waals surface area contributed by atoms with Gasteiger partial charge in [-0.25, -0.2) is 0 Å². The molecule has 110 valence electrons. The van der Waals surface area contributed by atoms with E-state index >= 15 is 0 Å². The predicted octanol–water partition coefficient (Wildman–Crippen LogP) is 2.45. The summed E-state index contributed by atoms with van der Waals surface area (Å²) >= 11 is 0. The highest BCUT2D eigenvalue weighted by Crippen LogP contribution is 2.27. The molecule has 2 fully saturated rings. The summed E-state index contributed by atoms with van der Waals surface area (Å²) in [7, 11) is 1.71. The molecule has 3 heteroatoms. The predicted molar refractivity (Wildman–Crippen MR) is 82.3 cm³/mol. The van der Waals surface area contributed by atoms with Crippen molar-refractivity contribution in [3.05, 3.63) is 29.8 Å². The van der Waals surface area contributed by atoms with Gasteiger partial charge in [0.15, 0.2) is 0 Å². The SMILES string of the molecule is COc1ccc(CCNC2CCN3CCCCC23)cc1. The monoisotopic (exact) mass is 274 g/mol. The van der Waals surface area contributed by atoms with Crippen LogP contribution in [0.25, 0.3) is 0 Å². The van der Waals surface area contributed by atoms with Crippen molar-refractivity contribution in [3.63, 3.8) is 0 Å². The zero-order valence-electron chi connectivity index (χ0n) is 12.5. The van der Waals surface area contributed by atoms with Crippen LogP contribution in [-0.4, -0.2) is 43.7 Å². The van der Waals surface area contributed by atoms with Crippen molar-refractivity contribution in [2.75, 3.05) is 26.7 Å². The molecule has 0 radical (unpaired) electrons. The first-order valence-corrected chi connectivity index (χ1v) is 7.97. The molecule has 2 saturated heterocycles. The van der Waals surface area contributed by atoms with Crippen LogP contribution in [0.2, 0.25) is 0 Å². The summed E-state index contributed by atoms with van der Waals surface area (Å²) in [6.45, 7) is 3.70. The minimum atomic E-state index is 0.716. The molecule has 1 aromatic rings. The summed E-state index contributed by atoms with van der Waals surface area (Å²) < 4.78 is 5.19. The van der Waals surface area contributed by atoms with Crippen LogP contribution in [-0.2, 0) is 6.42 Å². The van der Waals surface area contributed by atoms with Gasteiger partial charge in [0.25, 0.3) is 0 Å². The van der Waals surface area contributed by atoms with E-state index in [2.05, 4.69) is 22.3 Å². The van der Waals surface area contributed by atoms with Gasteiger partial charge in [-0.05, 0) is 56.5 Å². The molecule has 3 rings (SSSR count). The molecule has 2 atom stereocenters. The molecule has 3 nitrogen and oxygen atoms in total. The molecule has 2 aliphatic rings. The Morgan fingerprint density at radius 1 is 1.15 bits per heavy atom. The molecule has 0 aromatic heterocycles. The van der Waals surface area contributed by atoms with E-state index in [1.54, 1.807) is 7.11 Å². The average Bonchev–Trinajstić information content (AvgIpc) is 2.92. The number of ether oxygens (including phenoxy) is 1. The van der Waals surface area contributed by atoms with Gasteiger partial charge >= 0.3 is 0 Å². The van der Waals surface area contributed by atoms with Gasteiger partial charge in [0.05, 0.1) is 7.11 Å². The second-order valence-corrected chi connectivity index (χ2v) is 6.05. The molecular weight excluding hydrogens is 248 g/mol. The summed E-state index contributed by atoms with van der Waals surface area (Å²) in [6, 6.07) is 9.96. The molecule has 2 aliphatic heterocycles. The topological polar surface area (TPSA) is 24.5 Å². The largest absolute Gasteiger partial charge is 0.497 e. The molecule has 2 unspecified atom stereocenters. The van der Waals surface area contributed by atoms with Crippen LogP contribution in [0.4, 0.5) is 0 Å². The Morgan fingerprint density at radius 2 is 2.00 bits per heavy atom. The first kappa shape index (κ1) is 13.9. The van der Waals surface area contributed by atoms with Crippen molar-refractivity contribution in [3.8, 4) is 5.75 Å². The third kappa shape index (κ3) is 3.15. The molecule has 0 spiro atoms. The maximum absolute atomic E-state index is 5.19. The molecule has 0 aliphatic carbocycles. The Kier molecular flexibility index (Phi) is 4.58. The van der Waals surface area contributed by atoms with E-state index in [-0.39, 0.29) is 0 Å². The fourth-order valence-corrected chi connectivity index (χ4v) is 3.68. The highest BCUT2D eigenvalue weighted by atomic mass is 16.5. The number of hydrogen-bond acceptors (Lipinski definition) is 3. The molecule has 2 heterocycles. The van der Waals surface area contributed by atoms with E-state index in [0.29, 0.717) is 6.04 Å². The number of fused-ring (bicyclic) bond motifs is 1. The summed E-state index contributed by atoms with van der Waals surface area (Å²) in [4.78, 5) is 2.69. The maximum Gasteiger partial charge on any atom is 0.118 e. The van der Waals surface area contributed by atoms with Crippen molar-refractivity contribution in [1.82, 2.24) is 10.2 Å². The molecule has 0 saturated carbocycles. The maximum atomic E-state index is 5.19. The van der Waals surface area contributed by atoms with Gasteiger partial charge in [-0.2, -0.15) is 0 Å². The smallest absolute Gasteiger partial charge is 0.118 e. The molecular formula is C17H26N2O. The molecule has 1 aromatic carbocycles. The van der Waals surface area contributed by atoms with E-state index in [0.717, 1.165) is 24.8 Å². The average molecular weight is 274 g/mol. The number of piperidine rings is 1. The van der Waals surface area contributed by atoms with Crippen molar-refractivity contribution < 1.29 is 4.74 Å². The zero-order valence-corrected chi connectivity index (χ0v) is 12.5. The highest BCUT2D eigenvalue weighted by Gasteiger charge is 2.34. The normalized spacial score (nSPS) is 26.4. The summed E-state index contributed by atoms with van der Waals surface area (Å²) in [6.07, 6.45) is 6.63. The van der Waals surface area contributed by atoms with Gasteiger partial charge in [-0.3, -0.25) is 4.90 Å². The van der Waals surface area contributed by atoms with Gasteiger partial charge in [-0.15, -0.1) is 0 Å². The lowest BCUT2D eigenvalue weighted by molar-refractivity contribution is 0.181. The number of benzene rings is 1. The third-order valence-corrected chi connectivity index (χ3v) is 4.84. The quantitative estimate of drug-likeness (QED) is 0.892. The fraction of sp³-hybridized carbons (Fsp3) is 0.647. The molecule has 1 N–H and O–H groups in total. The molecule has 0 amide bonds. The van der Waals surface area contributed by atoms with Crippen LogP contribution >= 0.6 is 0 Å². The molecule has 20 heavy (non-hydrogen) atoms. The van der Waals surface area contributed by atoms with Crippen LogP contribution in [0.5, 0.6) is 5.75 Å². The van der Waals surface area contributed by atoms with E-state index in [9.17, 15) is 0 Å². The van der Waals surface area contributed by atoms with Crippen LogP contribution in [0.3, 0.4) is 0 Å². The van der Waals surface area contributed by atoms with Gasteiger partial charge in [0.2, 0.25) is 0 Å². The van der Waals surface area contributed by atoms with E-state index in [4.69, 9.17) is 4.74 Å².